The number of phosphoric ester groups is 1. The summed E-state index contributed by atoms with van der Waals surface area (Å²) < 4.78 is 81.0. The van der Waals surface area contributed by atoms with Gasteiger partial charge in [-0.25, -0.2) is 8.78 Å². The molecule has 0 saturated carbocycles. The summed E-state index contributed by atoms with van der Waals surface area (Å²) in [5.41, 5.74) is 1.10. The second kappa shape index (κ2) is 17.4. The van der Waals surface area contributed by atoms with Crippen molar-refractivity contribution in [3.05, 3.63) is 58.1 Å². The lowest BCUT2D eigenvalue weighted by Crippen LogP contribution is -2.78. The van der Waals surface area contributed by atoms with Gasteiger partial charge >= 0.3 is 6.18 Å². The predicted molar refractivity (Wildman–Crippen MR) is 142 cm³/mol. The molecule has 0 aliphatic heterocycles. The maximum atomic E-state index is 13.5. The molecule has 2 aromatic carbocycles. The molecule has 0 radical (unpaired) electrons. The van der Waals surface area contributed by atoms with E-state index in [1.165, 1.54) is 0 Å². The molecule has 1 amide bonds. The van der Waals surface area contributed by atoms with Gasteiger partial charge in [0.05, 0.1) is 11.1 Å². The summed E-state index contributed by atoms with van der Waals surface area (Å²) in [4.78, 5) is 34.0. The summed E-state index contributed by atoms with van der Waals surface area (Å²) in [5.74, 6) is -5.64. The van der Waals surface area contributed by atoms with Gasteiger partial charge in [0.2, 0.25) is 0 Å². The fourth-order valence-electron chi connectivity index (χ4n) is 2.50. The first-order chi connectivity index (χ1) is 20.4. The van der Waals surface area contributed by atoms with E-state index in [0.29, 0.717) is 19.1 Å². The van der Waals surface area contributed by atoms with Crippen molar-refractivity contribution in [2.75, 3.05) is 45.0 Å². The maximum absolute atomic E-state index is 13.5. The molecule has 0 heterocycles. The zero-order chi connectivity index (χ0) is 35.4. The minimum absolute atomic E-state index is 0.0982. The Morgan fingerprint density at radius 3 is 1.60 bits per heavy atom. The van der Waals surface area contributed by atoms with Crippen LogP contribution >= 0.6 is 19.4 Å². The van der Waals surface area contributed by atoms with Gasteiger partial charge in [-0.15, -0.1) is 0 Å². The number of aliphatic hydroxyl groups excluding tert-OH is 6. The number of phosphoric acid groups is 1. The van der Waals surface area contributed by atoms with Gasteiger partial charge in [-0.1, -0.05) is 11.6 Å². The van der Waals surface area contributed by atoms with Crippen molar-refractivity contribution < 1.29 is 87.7 Å². The van der Waals surface area contributed by atoms with Gasteiger partial charge < -0.3 is 66.3 Å². The molecule has 258 valence electrons. The number of aliphatic hydroxyl groups is 6. The molecule has 0 saturated heterocycles. The summed E-state index contributed by atoms with van der Waals surface area (Å²) in [6.07, 6.45) is -4.98. The van der Waals surface area contributed by atoms with Gasteiger partial charge in [-0.3, -0.25) is 4.79 Å². The number of rotatable bonds is 11. The number of benzene rings is 2. The van der Waals surface area contributed by atoms with E-state index in [1.807, 2.05) is 5.32 Å². The Labute approximate surface area is 257 Å². The number of amides is 1. The maximum Gasteiger partial charge on any atom is 0.416 e. The molecule has 0 bridgehead atoms. The Bertz CT molecular complexity index is 1220. The Balaban J connectivity index is 0.000000991. The summed E-state index contributed by atoms with van der Waals surface area (Å²) in [6, 6.07) is 4.09. The lowest BCUT2D eigenvalue weighted by molar-refractivity contribution is -0.495. The largest absolute Gasteiger partial charge is 0.780 e. The van der Waals surface area contributed by atoms with Gasteiger partial charge in [0.1, 0.15) is 53.2 Å². The van der Waals surface area contributed by atoms with Crippen LogP contribution in [0.1, 0.15) is 28.4 Å². The molecule has 0 spiro atoms. The number of nitrogens with one attached hydrogen (secondary N) is 1. The molecular weight excluding hydrogens is 668 g/mol. The highest BCUT2D eigenvalue weighted by Gasteiger charge is 2.35. The molecule has 0 unspecified atom stereocenters. The number of carbonyl (C=O) groups excluding carboxylic acids is 1. The highest BCUT2D eigenvalue weighted by molar-refractivity contribution is 7.43. The van der Waals surface area contributed by atoms with Crippen LogP contribution in [0.25, 0.3) is 0 Å². The standard InChI is InChI=1S/C16H12ClF5NO5P.2C4H11NO3/c1-15(18,19)8-4-9(16(20,21)22)6-11(5-8)23-14(24)12-7-10(17)2-3-13(12)28-29(25,26)27;2*5-4(1-6,2-7)3-8/h2-7H,1H3,(H,23,24)(H2,25,26,27);2*6-8H,1-3,5H2. The van der Waals surface area contributed by atoms with Crippen LogP contribution in [0.3, 0.4) is 0 Å². The third kappa shape index (κ3) is 15.1. The van der Waals surface area contributed by atoms with Gasteiger partial charge in [0.25, 0.3) is 11.8 Å². The van der Waals surface area contributed by atoms with E-state index in [2.05, 4.69) is 16.0 Å². The van der Waals surface area contributed by atoms with Crippen LogP contribution in [0.4, 0.5) is 27.6 Å². The van der Waals surface area contributed by atoms with Crippen molar-refractivity contribution in [3.8, 4) is 5.75 Å². The fraction of sp³-hybridized carbons (Fsp3) is 0.458. The number of halogens is 6. The Morgan fingerprint density at radius 2 is 1.27 bits per heavy atom. The summed E-state index contributed by atoms with van der Waals surface area (Å²) >= 11 is 5.70. The molecule has 21 heteroatoms. The summed E-state index contributed by atoms with van der Waals surface area (Å²) in [5, 5.41) is 52.3. The quantitative estimate of drug-likeness (QED) is 0.0897. The number of quaternary nitrogens is 2. The predicted octanol–water partition coefficient (Wildman–Crippen LogP) is -2.18. The third-order valence-corrected chi connectivity index (χ3v) is 6.09. The highest BCUT2D eigenvalue weighted by atomic mass is 35.5. The number of carbonyl (C=O) groups is 1. The topological polar surface area (TPSA) is 278 Å². The molecule has 2 aromatic rings. The number of alkyl halides is 5. The third-order valence-electron chi connectivity index (χ3n) is 5.43. The van der Waals surface area contributed by atoms with E-state index in [4.69, 9.17) is 42.2 Å². The SMILES string of the molecule is CC(F)(F)c1cc(NC(=O)c2cc(Cl)ccc2OP(=O)([O-])[O-])cc(C(F)(F)F)c1.[NH3+]C(CO)(CO)CO.[NH3+]C(CO)(CO)CO. The van der Waals surface area contributed by atoms with E-state index in [0.717, 1.165) is 18.2 Å². The summed E-state index contributed by atoms with van der Waals surface area (Å²) in [6.45, 7) is -1.38. The van der Waals surface area contributed by atoms with Crippen molar-refractivity contribution >= 4 is 31.0 Å². The first-order valence-electron chi connectivity index (χ1n) is 12.2. The van der Waals surface area contributed by atoms with Gasteiger partial charge in [0, 0.05) is 23.2 Å². The summed E-state index contributed by atoms with van der Waals surface area (Å²) in [7, 11) is -5.58. The van der Waals surface area contributed by atoms with Crippen molar-refractivity contribution in [1.82, 2.24) is 0 Å². The van der Waals surface area contributed by atoms with Crippen molar-refractivity contribution in [1.29, 1.82) is 0 Å². The average Bonchev–Trinajstić information content (AvgIpc) is 2.96. The van der Waals surface area contributed by atoms with E-state index >= 15 is 0 Å². The Kier molecular flexibility index (Phi) is 16.4. The molecule has 14 nitrogen and oxygen atoms in total. The van der Waals surface area contributed by atoms with E-state index in [1.54, 1.807) is 0 Å². The second-order valence-electron chi connectivity index (χ2n) is 9.77. The Hall–Kier alpha value is -2.52. The Morgan fingerprint density at radius 1 is 0.844 bits per heavy atom. The van der Waals surface area contributed by atoms with Gasteiger partial charge in [0.15, 0.2) is 11.1 Å². The zero-order valence-electron chi connectivity index (χ0n) is 23.6. The molecule has 13 N–H and O–H groups in total. The van der Waals surface area contributed by atoms with Gasteiger partial charge in [-0.05, 0) is 36.4 Å². The van der Waals surface area contributed by atoms with E-state index < -0.39 is 65.0 Å². The van der Waals surface area contributed by atoms with E-state index in [9.17, 15) is 41.1 Å². The minimum Gasteiger partial charge on any atom is -0.780 e. The van der Waals surface area contributed by atoms with Crippen molar-refractivity contribution in [2.24, 2.45) is 0 Å². The van der Waals surface area contributed by atoms with Crippen LogP contribution in [-0.4, -0.2) is 87.3 Å². The minimum atomic E-state index is -5.58. The smallest absolute Gasteiger partial charge is 0.416 e. The molecule has 45 heavy (non-hydrogen) atoms. The van der Waals surface area contributed by atoms with Crippen LogP contribution in [0.5, 0.6) is 5.75 Å². The van der Waals surface area contributed by atoms with Crippen LogP contribution < -0.4 is 31.1 Å². The van der Waals surface area contributed by atoms with Crippen molar-refractivity contribution in [2.45, 2.75) is 30.1 Å². The molecule has 0 aliphatic carbocycles. The molecule has 2 rings (SSSR count). The van der Waals surface area contributed by atoms with Crippen LogP contribution in [0, 0.1) is 0 Å². The van der Waals surface area contributed by atoms with Crippen LogP contribution in [-0.2, 0) is 16.7 Å². The van der Waals surface area contributed by atoms with Crippen molar-refractivity contribution in [3.63, 3.8) is 0 Å². The van der Waals surface area contributed by atoms with Gasteiger partial charge in [-0.2, -0.15) is 13.2 Å². The monoisotopic (exact) mass is 701 g/mol. The number of anilines is 1. The highest BCUT2D eigenvalue weighted by Crippen LogP contribution is 2.38. The number of hydrogen-bond donors (Lipinski definition) is 9. The first kappa shape index (κ1) is 42.5. The van der Waals surface area contributed by atoms with Crippen LogP contribution in [0.15, 0.2) is 36.4 Å². The second-order valence-corrected chi connectivity index (χ2v) is 11.3. The van der Waals surface area contributed by atoms with Crippen LogP contribution in [0.2, 0.25) is 5.02 Å². The fourth-order valence-corrected chi connectivity index (χ4v) is 3.07. The lowest BCUT2D eigenvalue weighted by Gasteiger charge is -2.29. The van der Waals surface area contributed by atoms with E-state index in [-0.39, 0.29) is 50.7 Å². The molecule has 0 aliphatic rings. The average molecular weight is 702 g/mol. The molecule has 0 fully saturated rings. The molecule has 0 aromatic heterocycles. The molecule has 0 atom stereocenters. The zero-order valence-corrected chi connectivity index (χ0v) is 25.2. The molecular formula is C24H34ClF5N3O11P. The number of hydrogen-bond acceptors (Lipinski definition) is 11. The lowest BCUT2D eigenvalue weighted by atomic mass is 10.0. The normalized spacial score (nSPS) is 12.4. The first-order valence-corrected chi connectivity index (χ1v) is 14.1.